The summed E-state index contributed by atoms with van der Waals surface area (Å²) in [5.41, 5.74) is 0.327. The molecule has 0 radical (unpaired) electrons. The lowest BCUT2D eigenvalue weighted by Gasteiger charge is -2.18. The molecule has 0 saturated heterocycles. The van der Waals surface area contributed by atoms with E-state index < -0.39 is 4.92 Å². The molecule has 1 aromatic carbocycles. The summed E-state index contributed by atoms with van der Waals surface area (Å²) in [5, 5.41) is 10.7. The second kappa shape index (κ2) is 6.96. The second-order valence-electron chi connectivity index (χ2n) is 4.77. The maximum absolute atomic E-state index is 12.0. The average Bonchev–Trinajstić information content (AvgIpc) is 2.36. The number of nitro benzene ring substituents is 1. The van der Waals surface area contributed by atoms with Crippen LogP contribution < -0.4 is 0 Å². The third-order valence-electron chi connectivity index (χ3n) is 2.72. The van der Waals surface area contributed by atoms with Gasteiger partial charge in [-0.15, -0.1) is 0 Å². The molecule has 0 aliphatic heterocycles. The van der Waals surface area contributed by atoms with Gasteiger partial charge >= 0.3 is 0 Å². The van der Waals surface area contributed by atoms with E-state index in [9.17, 15) is 14.9 Å². The van der Waals surface area contributed by atoms with Gasteiger partial charge in [0.05, 0.1) is 11.5 Å². The fraction of sp³-hybridized carbons (Fsp3) is 0.462. The van der Waals surface area contributed by atoms with Crippen LogP contribution in [0.2, 0.25) is 0 Å². The summed E-state index contributed by atoms with van der Waals surface area (Å²) >= 11 is 0. The summed E-state index contributed by atoms with van der Waals surface area (Å²) in [6, 6.07) is 5.84. The van der Waals surface area contributed by atoms with Crippen LogP contribution >= 0.6 is 0 Å². The number of carbonyl (C=O) groups is 1. The Balaban J connectivity index is 2.62. The highest BCUT2D eigenvalue weighted by Crippen LogP contribution is 2.13. The topological polar surface area (TPSA) is 66.7 Å². The molecular weight excluding hydrogens is 246 g/mol. The second-order valence-corrected chi connectivity index (χ2v) is 4.77. The first kappa shape index (κ1) is 15.3. The van der Waals surface area contributed by atoms with Crippen molar-refractivity contribution in [2.45, 2.75) is 0 Å². The van der Waals surface area contributed by atoms with Crippen LogP contribution in [-0.4, -0.2) is 61.3 Å². The Hall–Kier alpha value is -1.79. The van der Waals surface area contributed by atoms with Crippen molar-refractivity contribution >= 4 is 11.5 Å². The van der Waals surface area contributed by atoms with Gasteiger partial charge < -0.3 is 4.90 Å². The van der Waals surface area contributed by atoms with E-state index >= 15 is 0 Å². The van der Waals surface area contributed by atoms with E-state index in [1.54, 1.807) is 6.07 Å². The molecule has 0 aliphatic carbocycles. The maximum Gasteiger partial charge on any atom is 0.270 e. The number of benzene rings is 1. The minimum Gasteiger partial charge on any atom is -0.308 e. The third kappa shape index (κ3) is 5.15. The van der Waals surface area contributed by atoms with E-state index in [4.69, 9.17) is 0 Å². The molecule has 0 aromatic heterocycles. The number of hydrogen-bond donors (Lipinski definition) is 0. The van der Waals surface area contributed by atoms with Crippen LogP contribution in [0.4, 0.5) is 5.69 Å². The highest BCUT2D eigenvalue weighted by molar-refractivity contribution is 5.98. The first-order chi connectivity index (χ1) is 8.90. The van der Waals surface area contributed by atoms with Gasteiger partial charge in [-0.3, -0.25) is 19.8 Å². The van der Waals surface area contributed by atoms with Crippen molar-refractivity contribution < 1.29 is 9.72 Å². The normalized spacial score (nSPS) is 11.0. The SMILES string of the molecule is CN(C)CCN(C)CC(=O)c1cccc([N+](=O)[O-])c1. The van der Waals surface area contributed by atoms with Gasteiger partial charge in [0.25, 0.3) is 5.69 Å². The molecule has 0 atom stereocenters. The first-order valence-corrected chi connectivity index (χ1v) is 6.01. The van der Waals surface area contributed by atoms with E-state index in [2.05, 4.69) is 0 Å². The van der Waals surface area contributed by atoms with E-state index in [0.717, 1.165) is 13.1 Å². The Morgan fingerprint density at radius 3 is 2.53 bits per heavy atom. The van der Waals surface area contributed by atoms with Crippen LogP contribution in [0.1, 0.15) is 10.4 Å². The highest BCUT2D eigenvalue weighted by Gasteiger charge is 2.13. The van der Waals surface area contributed by atoms with Crippen LogP contribution in [-0.2, 0) is 0 Å². The predicted octanol–water partition coefficient (Wildman–Crippen LogP) is 1.27. The molecule has 1 rings (SSSR count). The number of carbonyl (C=O) groups excluding carboxylic acids is 1. The largest absolute Gasteiger partial charge is 0.308 e. The number of ketones is 1. The smallest absolute Gasteiger partial charge is 0.270 e. The first-order valence-electron chi connectivity index (χ1n) is 6.01. The monoisotopic (exact) mass is 265 g/mol. The van der Waals surface area contributed by atoms with Crippen molar-refractivity contribution in [1.29, 1.82) is 0 Å². The Morgan fingerprint density at radius 2 is 1.95 bits per heavy atom. The standard InChI is InChI=1S/C13H19N3O3/c1-14(2)7-8-15(3)10-13(17)11-5-4-6-12(9-11)16(18)19/h4-6,9H,7-8,10H2,1-3H3. The molecule has 0 amide bonds. The molecule has 1 aromatic rings. The predicted molar refractivity (Wildman–Crippen MR) is 73.5 cm³/mol. The van der Waals surface area contributed by atoms with Gasteiger partial charge in [0.1, 0.15) is 0 Å². The van der Waals surface area contributed by atoms with Gasteiger partial charge in [-0.05, 0) is 21.1 Å². The summed E-state index contributed by atoms with van der Waals surface area (Å²) in [4.78, 5) is 26.1. The number of nitro groups is 1. The number of likely N-dealkylation sites (N-methyl/N-ethyl adjacent to an activating group) is 2. The van der Waals surface area contributed by atoms with E-state index in [-0.39, 0.29) is 18.0 Å². The van der Waals surface area contributed by atoms with Crippen molar-refractivity contribution in [3.8, 4) is 0 Å². The molecule has 0 heterocycles. The molecule has 6 nitrogen and oxygen atoms in total. The molecule has 19 heavy (non-hydrogen) atoms. The van der Waals surface area contributed by atoms with Crippen molar-refractivity contribution in [1.82, 2.24) is 9.80 Å². The van der Waals surface area contributed by atoms with Crippen LogP contribution in [0.25, 0.3) is 0 Å². The number of rotatable bonds is 7. The average molecular weight is 265 g/mol. The van der Waals surface area contributed by atoms with Gasteiger partial charge in [-0.25, -0.2) is 0 Å². The lowest BCUT2D eigenvalue weighted by molar-refractivity contribution is -0.384. The zero-order valence-electron chi connectivity index (χ0n) is 11.5. The Morgan fingerprint density at radius 1 is 1.26 bits per heavy atom. The molecule has 0 spiro atoms. The van der Waals surface area contributed by atoms with Crippen LogP contribution in [0.15, 0.2) is 24.3 Å². The molecular formula is C13H19N3O3. The van der Waals surface area contributed by atoms with E-state index in [0.29, 0.717) is 5.56 Å². The van der Waals surface area contributed by atoms with Crippen LogP contribution in [0, 0.1) is 10.1 Å². The van der Waals surface area contributed by atoms with Crippen LogP contribution in [0.5, 0.6) is 0 Å². The molecule has 0 saturated carbocycles. The van der Waals surface area contributed by atoms with Gasteiger partial charge in [-0.1, -0.05) is 12.1 Å². The number of non-ortho nitro benzene ring substituents is 1. The molecule has 104 valence electrons. The minimum atomic E-state index is -0.494. The summed E-state index contributed by atoms with van der Waals surface area (Å²) in [6.45, 7) is 1.89. The molecule has 0 aliphatic rings. The Kier molecular flexibility index (Phi) is 5.59. The van der Waals surface area contributed by atoms with Crippen LogP contribution in [0.3, 0.4) is 0 Å². The molecule has 6 heteroatoms. The molecule has 0 bridgehead atoms. The fourth-order valence-electron chi connectivity index (χ4n) is 1.58. The fourth-order valence-corrected chi connectivity index (χ4v) is 1.58. The quantitative estimate of drug-likeness (QED) is 0.422. The molecule has 0 fully saturated rings. The number of nitrogens with zero attached hydrogens (tertiary/aromatic N) is 3. The minimum absolute atomic E-state index is 0.0539. The molecule has 0 unspecified atom stereocenters. The third-order valence-corrected chi connectivity index (χ3v) is 2.72. The van der Waals surface area contributed by atoms with Gasteiger partial charge in [0.15, 0.2) is 5.78 Å². The van der Waals surface area contributed by atoms with Crippen molar-refractivity contribution in [2.24, 2.45) is 0 Å². The van der Waals surface area contributed by atoms with Crippen molar-refractivity contribution in [2.75, 3.05) is 40.8 Å². The lowest BCUT2D eigenvalue weighted by Crippen LogP contribution is -2.32. The maximum atomic E-state index is 12.0. The Labute approximate surface area is 112 Å². The van der Waals surface area contributed by atoms with Crippen molar-refractivity contribution in [3.05, 3.63) is 39.9 Å². The van der Waals surface area contributed by atoms with Gasteiger partial charge in [0.2, 0.25) is 0 Å². The number of Topliss-reactive ketones (excluding diaryl/α,β-unsaturated/α-hetero) is 1. The Bertz CT molecular complexity index is 460. The zero-order valence-corrected chi connectivity index (χ0v) is 11.5. The van der Waals surface area contributed by atoms with Crippen molar-refractivity contribution in [3.63, 3.8) is 0 Å². The summed E-state index contributed by atoms with van der Waals surface area (Å²) < 4.78 is 0. The zero-order chi connectivity index (χ0) is 14.4. The van der Waals surface area contributed by atoms with E-state index in [1.807, 2.05) is 30.9 Å². The van der Waals surface area contributed by atoms with Gasteiger partial charge in [0, 0.05) is 30.8 Å². The summed E-state index contributed by atoms with van der Waals surface area (Å²) in [5.74, 6) is -0.107. The highest BCUT2D eigenvalue weighted by atomic mass is 16.6. The van der Waals surface area contributed by atoms with E-state index in [1.165, 1.54) is 18.2 Å². The summed E-state index contributed by atoms with van der Waals surface area (Å²) in [6.07, 6.45) is 0. The molecule has 0 N–H and O–H groups in total. The number of hydrogen-bond acceptors (Lipinski definition) is 5. The lowest BCUT2D eigenvalue weighted by atomic mass is 10.1. The summed E-state index contributed by atoms with van der Waals surface area (Å²) in [7, 11) is 5.80. The van der Waals surface area contributed by atoms with Gasteiger partial charge in [-0.2, -0.15) is 0 Å².